The highest BCUT2D eigenvalue weighted by Gasteiger charge is 2.05. The molecule has 0 unspecified atom stereocenters. The third kappa shape index (κ3) is 295. The van der Waals surface area contributed by atoms with E-state index < -0.39 is 122 Å². The SMILES string of the molecule is [2H]C(C)(C)C.[2H]C([2H])(C)C.[2H]C([2H])(C)C(C)(C)C.[2H]C([2H])(C)C(C)C.[2H]C([2H])([2H])C(C([2H])([2H])[2H])(C([2H])([2H])[2H])C([2H])([2H])C.[2H]C([2H])([2H])C(C)(C([2H])([2H])[2H])C([2H])([2H])C.[2H]C([2H])([2H])C(C)(C([2H])([2H])[2H])C([2H])([2H])[2H].[2H]C([2H])([2H])C(C)(C)C([2H])([2H])C. The lowest BCUT2D eigenvalue weighted by atomic mass is 9.94. The van der Waals surface area contributed by atoms with Gasteiger partial charge in [0.05, 0.1) is 0 Å². The maximum Gasteiger partial charge on any atom is 0.0294 e. The molecule has 0 saturated heterocycles. The summed E-state index contributed by atoms with van der Waals surface area (Å²) < 4.78 is 285. The second-order valence-corrected chi connectivity index (χ2v) is 11.3. The first-order chi connectivity index (χ1) is 33.2. The topological polar surface area (TPSA) is 0 Å². The van der Waals surface area contributed by atoms with Crippen molar-refractivity contribution in [3.63, 3.8) is 0 Å². The molecule has 0 heterocycles. The van der Waals surface area contributed by atoms with Crippen molar-refractivity contribution >= 4 is 0 Å². The van der Waals surface area contributed by atoms with E-state index in [0.29, 0.717) is 6.92 Å². The lowest BCUT2D eigenvalue weighted by Crippen LogP contribution is -2.00. The van der Waals surface area contributed by atoms with Crippen LogP contribution in [0.15, 0.2) is 0 Å². The van der Waals surface area contributed by atoms with Gasteiger partial charge in [-0.1, -0.05) is 231 Å². The van der Waals surface area contributed by atoms with Gasteiger partial charge in [0.1, 0.15) is 0 Å². The first-order valence-electron chi connectivity index (χ1n) is 33.2. The maximum atomic E-state index is 7.39. The Bertz CT molecular complexity index is 1480. The molecule has 0 N–H and O–H groups in total. The summed E-state index contributed by atoms with van der Waals surface area (Å²) in [6.07, 6.45) is -9.97. The molecule has 0 saturated carbocycles. The predicted molar refractivity (Wildman–Crippen MR) is 206 cm³/mol. The summed E-state index contributed by atoms with van der Waals surface area (Å²) in [5.74, 6) is -0.118. The van der Waals surface area contributed by atoms with E-state index in [1.165, 1.54) is 34.6 Å². The van der Waals surface area contributed by atoms with Crippen LogP contribution in [0.3, 0.4) is 0 Å². The van der Waals surface area contributed by atoms with Gasteiger partial charge in [0.2, 0.25) is 0 Å². The Labute approximate surface area is 327 Å². The molecule has 0 aliphatic rings. The molecule has 0 aromatic carbocycles. The fraction of sp³-hybridized carbons (Fsp3) is 1.00. The molecule has 0 rings (SSSR count). The van der Waals surface area contributed by atoms with E-state index in [9.17, 15) is 0 Å². The minimum atomic E-state index is -3.48. The van der Waals surface area contributed by atoms with E-state index >= 15 is 0 Å². The monoisotopic (exact) mass is 631 g/mol. The van der Waals surface area contributed by atoms with Crippen LogP contribution >= 0.6 is 0 Å². The van der Waals surface area contributed by atoms with Gasteiger partial charge >= 0.3 is 0 Å². The van der Waals surface area contributed by atoms with E-state index in [1.54, 1.807) is 13.8 Å². The first-order valence-corrected chi connectivity index (χ1v) is 13.2. The molecular weight excluding hydrogens is 492 g/mol. The summed E-state index contributed by atoms with van der Waals surface area (Å²) in [5.41, 5.74) is -9.98. The Morgan fingerprint density at radius 3 is 0.659 bits per heavy atom. The molecule has 0 amide bonds. The van der Waals surface area contributed by atoms with Crippen molar-refractivity contribution in [2.75, 3.05) is 0 Å². The van der Waals surface area contributed by atoms with Crippen LogP contribution in [0.1, 0.15) is 286 Å². The van der Waals surface area contributed by atoms with E-state index in [0.717, 1.165) is 20.8 Å². The fourth-order valence-corrected chi connectivity index (χ4v) is 0. The molecular formula is C41H98. The Morgan fingerprint density at radius 1 is 0.463 bits per heavy atom. The molecule has 0 atom stereocenters. The smallest absolute Gasteiger partial charge is 0.0294 e. The summed E-state index contributed by atoms with van der Waals surface area (Å²) in [7, 11) is 0. The summed E-state index contributed by atoms with van der Waals surface area (Å²) in [6, 6.07) is 0. The number of hydrogen-bond donors (Lipinski definition) is 0. The van der Waals surface area contributed by atoms with Crippen LogP contribution in [0.5, 0.6) is 0 Å². The van der Waals surface area contributed by atoms with Crippen molar-refractivity contribution < 1.29 is 54.8 Å². The second-order valence-electron chi connectivity index (χ2n) is 11.3. The normalized spacial score (nSPS) is 30.5. The third-order valence-corrected chi connectivity index (χ3v) is 2.83. The van der Waals surface area contributed by atoms with Crippen molar-refractivity contribution in [1.82, 2.24) is 0 Å². The third-order valence-electron chi connectivity index (χ3n) is 2.83. The second kappa shape index (κ2) is 34.5. The van der Waals surface area contributed by atoms with Crippen LogP contribution in [0.2, 0.25) is 0 Å². The van der Waals surface area contributed by atoms with E-state index in [1.807, 2.05) is 55.4 Å². The van der Waals surface area contributed by atoms with Crippen LogP contribution < -0.4 is 0 Å². The Hall–Kier alpha value is 0. The lowest BCUT2D eigenvalue weighted by molar-refractivity contribution is 0.397. The quantitative estimate of drug-likeness (QED) is 0.270. The zero-order valence-corrected chi connectivity index (χ0v) is 30.1. The summed E-state index contributed by atoms with van der Waals surface area (Å²) in [5, 5.41) is 0. The zero-order valence-electron chi connectivity index (χ0n) is 70.1. The molecule has 0 spiro atoms. The van der Waals surface area contributed by atoms with Crippen LogP contribution in [-0.4, -0.2) is 0 Å². The van der Waals surface area contributed by atoms with Gasteiger partial charge in [-0.2, -0.15) is 0 Å². The van der Waals surface area contributed by atoms with Crippen LogP contribution in [0.4, 0.5) is 0 Å². The average Bonchev–Trinajstić information content (AvgIpc) is 2.99. The van der Waals surface area contributed by atoms with Crippen molar-refractivity contribution in [2.45, 2.75) is 231 Å². The van der Waals surface area contributed by atoms with Crippen molar-refractivity contribution in [3.8, 4) is 0 Å². The van der Waals surface area contributed by atoms with Gasteiger partial charge in [-0.05, 0) is 38.9 Å². The minimum Gasteiger partial charge on any atom is -0.0656 e. The molecule has 0 aliphatic carbocycles. The molecule has 0 nitrogen and oxygen atoms in total. The predicted octanol–water partition coefficient (Wildman–Crippen LogP) is 17.0. The van der Waals surface area contributed by atoms with Crippen LogP contribution in [-0.2, 0) is 0 Å². The number of rotatable bonds is 1. The zero-order chi connectivity index (χ0) is 70.1. The maximum absolute atomic E-state index is 7.39. The van der Waals surface area contributed by atoms with Crippen molar-refractivity contribution in [3.05, 3.63) is 0 Å². The molecule has 0 aromatic rings. The minimum absolute atomic E-state index is 0.132. The molecule has 0 heteroatoms. The largest absolute Gasteiger partial charge is 0.0656 e. The molecule has 0 bridgehead atoms. The standard InChI is InChI=1S/4C6H14.2C5H12.C4H10.C3H8/c4*1-5-6(2,3)4;1-5(2,3)4;1-4-5(2)3;1-4(2)3;1-3-2/h4*5H2,1-4H3;1-4H3;5H,4H2,1-3H3;4H,1-3H3;3H2,1-2H3/i2D3,3D3,4D3,5D2;2D3,3D3,5D2;2D3,5D2;5D2;1D3,2D3,3D3;4D2;4D;3D2. The summed E-state index contributed by atoms with van der Waals surface area (Å²) in [4.78, 5) is 0. The van der Waals surface area contributed by atoms with Crippen LogP contribution in [0, 0.1) is 38.9 Å². The highest BCUT2D eigenvalue weighted by atomic mass is 14.1. The molecule has 41 heavy (non-hydrogen) atoms. The summed E-state index contributed by atoms with van der Waals surface area (Å²) >= 11 is 0. The molecule has 0 fully saturated rings. The molecule has 262 valence electrons. The fourth-order valence-electron chi connectivity index (χ4n) is 0. The Balaban J connectivity index is -0.000000129. The van der Waals surface area contributed by atoms with Gasteiger partial charge in [-0.15, -0.1) is 0 Å². The molecule has 0 aromatic heterocycles. The average molecular weight is 631 g/mol. The lowest BCUT2D eigenvalue weighted by Gasteiger charge is -2.12. The van der Waals surface area contributed by atoms with Gasteiger partial charge in [0.25, 0.3) is 0 Å². The van der Waals surface area contributed by atoms with E-state index in [4.69, 9.17) is 54.8 Å². The van der Waals surface area contributed by atoms with Gasteiger partial charge in [0.15, 0.2) is 0 Å². The Kier molecular flexibility index (Phi) is 10.4. The highest BCUT2D eigenvalue weighted by molar-refractivity contribution is 4.57. The molecule has 0 radical (unpaired) electrons. The number of hydrogen-bond acceptors (Lipinski definition) is 0. The van der Waals surface area contributed by atoms with Crippen LogP contribution in [0.25, 0.3) is 0 Å². The Morgan fingerprint density at radius 2 is 0.659 bits per heavy atom. The van der Waals surface area contributed by atoms with Crippen molar-refractivity contribution in [1.29, 1.82) is 0 Å². The van der Waals surface area contributed by atoms with Crippen molar-refractivity contribution in [2.24, 2.45) is 38.9 Å². The summed E-state index contributed by atoms with van der Waals surface area (Å²) in [6.45, 7) is 1.11. The highest BCUT2D eigenvalue weighted by Crippen LogP contribution is 2.17. The van der Waals surface area contributed by atoms with E-state index in [2.05, 4.69) is 0 Å². The first kappa shape index (κ1) is 12.3. The molecule has 0 aliphatic heterocycles. The van der Waals surface area contributed by atoms with Gasteiger partial charge in [0, 0.05) is 54.8 Å². The van der Waals surface area contributed by atoms with Gasteiger partial charge < -0.3 is 0 Å². The van der Waals surface area contributed by atoms with Gasteiger partial charge in [-0.25, -0.2) is 0 Å². The van der Waals surface area contributed by atoms with E-state index in [-0.39, 0.29) is 17.2 Å². The van der Waals surface area contributed by atoms with Gasteiger partial charge in [-0.3, -0.25) is 0 Å².